The van der Waals surface area contributed by atoms with Crippen molar-refractivity contribution in [3.05, 3.63) is 34.9 Å². The zero-order chi connectivity index (χ0) is 14.7. The molecule has 1 heterocycles. The number of amides is 1. The number of nitrogens with zero attached hydrogens (tertiary/aromatic N) is 1. The molecular formula is C17H27ClN2O. The van der Waals surface area contributed by atoms with Gasteiger partial charge in [0.25, 0.3) is 0 Å². The van der Waals surface area contributed by atoms with Gasteiger partial charge < -0.3 is 10.6 Å². The molecular weight excluding hydrogens is 284 g/mol. The van der Waals surface area contributed by atoms with Crippen LogP contribution >= 0.6 is 12.4 Å². The van der Waals surface area contributed by atoms with Gasteiger partial charge in [-0.15, -0.1) is 12.4 Å². The van der Waals surface area contributed by atoms with Gasteiger partial charge in [-0.25, -0.2) is 0 Å². The highest BCUT2D eigenvalue weighted by atomic mass is 35.5. The Morgan fingerprint density at radius 1 is 1.43 bits per heavy atom. The molecule has 1 saturated heterocycles. The highest BCUT2D eigenvalue weighted by Crippen LogP contribution is 2.35. The monoisotopic (exact) mass is 310 g/mol. The van der Waals surface area contributed by atoms with E-state index in [0.29, 0.717) is 6.42 Å². The van der Waals surface area contributed by atoms with E-state index in [0.717, 1.165) is 25.8 Å². The lowest BCUT2D eigenvalue weighted by molar-refractivity contribution is -0.132. The maximum Gasteiger partial charge on any atom is 0.223 e. The number of carbonyl (C=O) groups is 1. The van der Waals surface area contributed by atoms with Crippen molar-refractivity contribution >= 4 is 18.3 Å². The average Bonchev–Trinajstić information content (AvgIpc) is 2.88. The summed E-state index contributed by atoms with van der Waals surface area (Å²) in [5, 5.41) is 0. The summed E-state index contributed by atoms with van der Waals surface area (Å²) < 4.78 is 0. The minimum absolute atomic E-state index is 0. The lowest BCUT2D eigenvalue weighted by atomic mass is 9.96. The summed E-state index contributed by atoms with van der Waals surface area (Å²) in [5.74, 6) is 0.255. The van der Waals surface area contributed by atoms with Gasteiger partial charge in [0.15, 0.2) is 0 Å². The molecule has 0 saturated carbocycles. The number of likely N-dealkylation sites (tertiary alicyclic amines) is 1. The number of rotatable bonds is 4. The summed E-state index contributed by atoms with van der Waals surface area (Å²) in [7, 11) is 0. The number of hydrogen-bond donors (Lipinski definition) is 1. The third-order valence-electron chi connectivity index (χ3n) is 4.39. The van der Waals surface area contributed by atoms with Crippen molar-refractivity contribution in [3.63, 3.8) is 0 Å². The van der Waals surface area contributed by atoms with Crippen molar-refractivity contribution in [1.82, 2.24) is 4.90 Å². The van der Waals surface area contributed by atoms with E-state index in [-0.39, 0.29) is 30.4 Å². The smallest absolute Gasteiger partial charge is 0.223 e. The van der Waals surface area contributed by atoms with Gasteiger partial charge in [0.05, 0.1) is 6.04 Å². The summed E-state index contributed by atoms with van der Waals surface area (Å²) in [5.41, 5.74) is 9.70. The van der Waals surface area contributed by atoms with Crippen molar-refractivity contribution in [2.45, 2.75) is 58.5 Å². The molecule has 0 radical (unpaired) electrons. The van der Waals surface area contributed by atoms with Crippen LogP contribution in [0.25, 0.3) is 0 Å². The molecule has 1 amide bonds. The van der Waals surface area contributed by atoms with Crippen molar-refractivity contribution in [2.24, 2.45) is 5.73 Å². The Morgan fingerprint density at radius 3 is 2.81 bits per heavy atom. The molecule has 2 rings (SSSR count). The van der Waals surface area contributed by atoms with Crippen LogP contribution in [0, 0.1) is 13.8 Å². The zero-order valence-electron chi connectivity index (χ0n) is 13.3. The second-order valence-electron chi connectivity index (χ2n) is 6.05. The molecule has 2 atom stereocenters. The van der Waals surface area contributed by atoms with E-state index >= 15 is 0 Å². The van der Waals surface area contributed by atoms with Gasteiger partial charge in [-0.3, -0.25) is 4.79 Å². The van der Waals surface area contributed by atoms with Crippen LogP contribution in [0.4, 0.5) is 0 Å². The second-order valence-corrected chi connectivity index (χ2v) is 6.05. The summed E-state index contributed by atoms with van der Waals surface area (Å²) in [6.07, 6.45) is 3.52. The molecule has 3 nitrogen and oxygen atoms in total. The Kier molecular flexibility index (Phi) is 6.69. The van der Waals surface area contributed by atoms with Gasteiger partial charge in [-0.1, -0.05) is 18.2 Å². The Morgan fingerprint density at radius 2 is 2.14 bits per heavy atom. The van der Waals surface area contributed by atoms with Crippen LogP contribution in [0.5, 0.6) is 0 Å². The first kappa shape index (κ1) is 18.0. The number of benzene rings is 1. The van der Waals surface area contributed by atoms with Gasteiger partial charge in [0, 0.05) is 19.0 Å². The summed E-state index contributed by atoms with van der Waals surface area (Å²) >= 11 is 0. The van der Waals surface area contributed by atoms with E-state index in [1.807, 2.05) is 6.92 Å². The van der Waals surface area contributed by atoms with Crippen LogP contribution in [0.2, 0.25) is 0 Å². The maximum absolute atomic E-state index is 12.4. The first-order valence-corrected chi connectivity index (χ1v) is 7.62. The standard InChI is InChI=1S/C17H26N2O.ClH/c1-12-6-4-7-15(14(12)3)16-8-5-11-19(16)17(20)10-9-13(2)18;/h4,6-7,13,16H,5,8-11,18H2,1-3H3;1H. The van der Waals surface area contributed by atoms with Gasteiger partial charge in [0.1, 0.15) is 0 Å². The molecule has 1 aliphatic heterocycles. The number of nitrogens with two attached hydrogens (primary N) is 1. The number of hydrogen-bond acceptors (Lipinski definition) is 2. The molecule has 21 heavy (non-hydrogen) atoms. The second kappa shape index (κ2) is 7.81. The van der Waals surface area contributed by atoms with Crippen molar-refractivity contribution in [3.8, 4) is 0 Å². The molecule has 0 spiro atoms. The van der Waals surface area contributed by atoms with Gasteiger partial charge in [0.2, 0.25) is 5.91 Å². The topological polar surface area (TPSA) is 46.3 Å². The molecule has 118 valence electrons. The lowest BCUT2D eigenvalue weighted by Gasteiger charge is -2.27. The van der Waals surface area contributed by atoms with Gasteiger partial charge in [-0.2, -0.15) is 0 Å². The predicted octanol–water partition coefficient (Wildman–Crippen LogP) is 3.52. The van der Waals surface area contributed by atoms with Crippen molar-refractivity contribution in [1.29, 1.82) is 0 Å². The third-order valence-corrected chi connectivity index (χ3v) is 4.39. The van der Waals surface area contributed by atoms with Crippen molar-refractivity contribution in [2.75, 3.05) is 6.54 Å². The summed E-state index contributed by atoms with van der Waals surface area (Å²) in [6, 6.07) is 6.76. The molecule has 0 bridgehead atoms. The fraction of sp³-hybridized carbons (Fsp3) is 0.588. The van der Waals surface area contributed by atoms with E-state index in [1.54, 1.807) is 0 Å². The van der Waals surface area contributed by atoms with E-state index in [1.165, 1.54) is 16.7 Å². The van der Waals surface area contributed by atoms with Crippen LogP contribution in [0.15, 0.2) is 18.2 Å². The van der Waals surface area contributed by atoms with Crippen LogP contribution < -0.4 is 5.73 Å². The summed E-state index contributed by atoms with van der Waals surface area (Å²) in [6.45, 7) is 7.14. The SMILES string of the molecule is Cc1cccc(C2CCCN2C(=O)CCC(C)N)c1C.Cl. The summed E-state index contributed by atoms with van der Waals surface area (Å²) in [4.78, 5) is 14.5. The minimum Gasteiger partial charge on any atom is -0.336 e. The van der Waals surface area contributed by atoms with Crippen LogP contribution in [-0.4, -0.2) is 23.4 Å². The highest BCUT2D eigenvalue weighted by molar-refractivity contribution is 5.85. The fourth-order valence-corrected chi connectivity index (χ4v) is 3.02. The molecule has 1 fully saturated rings. The molecule has 2 N–H and O–H groups in total. The van der Waals surface area contributed by atoms with Crippen LogP contribution in [0.1, 0.15) is 55.3 Å². The fourth-order valence-electron chi connectivity index (χ4n) is 3.02. The normalized spacial score (nSPS) is 19.2. The Bertz CT molecular complexity index is 488. The predicted molar refractivity (Wildman–Crippen MR) is 89.7 cm³/mol. The molecule has 0 aliphatic carbocycles. The molecule has 1 aromatic carbocycles. The first-order valence-electron chi connectivity index (χ1n) is 7.62. The van der Waals surface area contributed by atoms with E-state index < -0.39 is 0 Å². The molecule has 0 aromatic heterocycles. The Balaban J connectivity index is 0.00000220. The molecule has 1 aromatic rings. The van der Waals surface area contributed by atoms with E-state index in [2.05, 4.69) is 36.9 Å². The Hall–Kier alpha value is -1.06. The molecule has 4 heteroatoms. The number of aryl methyl sites for hydroxylation is 1. The van der Waals surface area contributed by atoms with Crippen molar-refractivity contribution < 1.29 is 4.79 Å². The minimum atomic E-state index is 0. The van der Waals surface area contributed by atoms with Gasteiger partial charge in [-0.05, 0) is 56.7 Å². The highest BCUT2D eigenvalue weighted by Gasteiger charge is 2.30. The number of halogens is 1. The zero-order valence-corrected chi connectivity index (χ0v) is 14.1. The lowest BCUT2D eigenvalue weighted by Crippen LogP contribution is -2.32. The Labute approximate surface area is 134 Å². The average molecular weight is 311 g/mol. The van der Waals surface area contributed by atoms with E-state index in [4.69, 9.17) is 5.73 Å². The first-order chi connectivity index (χ1) is 9.50. The largest absolute Gasteiger partial charge is 0.336 e. The maximum atomic E-state index is 12.4. The molecule has 2 unspecified atom stereocenters. The molecule has 1 aliphatic rings. The number of carbonyl (C=O) groups excluding carboxylic acids is 1. The van der Waals surface area contributed by atoms with E-state index in [9.17, 15) is 4.79 Å². The van der Waals surface area contributed by atoms with Crippen LogP contribution in [-0.2, 0) is 4.79 Å². The third kappa shape index (κ3) is 4.21. The van der Waals surface area contributed by atoms with Gasteiger partial charge >= 0.3 is 0 Å². The quantitative estimate of drug-likeness (QED) is 0.925. The van der Waals surface area contributed by atoms with Crippen LogP contribution in [0.3, 0.4) is 0 Å².